The van der Waals surface area contributed by atoms with E-state index < -0.39 is 0 Å². The third-order valence-electron chi connectivity index (χ3n) is 5.03. The summed E-state index contributed by atoms with van der Waals surface area (Å²) in [7, 11) is 0. The molecule has 3 heteroatoms. The Hall–Kier alpha value is -0.830. The number of unbranched alkanes of at least 4 members (excludes halogenated alkanes) is 11. The Bertz CT molecular complexity index is 351. The summed E-state index contributed by atoms with van der Waals surface area (Å²) < 4.78 is 2.33. The molecule has 0 fully saturated rings. The molecule has 140 valence electrons. The first-order chi connectivity index (χ1) is 11.9. The molecule has 0 saturated heterocycles. The predicted molar refractivity (Wildman–Crippen MR) is 103 cm³/mol. The van der Waals surface area contributed by atoms with Gasteiger partial charge in [-0.05, 0) is 19.3 Å². The standard InChI is InChI=1S/C21H40N2O/c1-2-3-4-5-9-12-15-21(23-18-17-22-20-23)16-13-10-7-6-8-11-14-19-24/h17-18,20-21,24H,2-16,19H2,1H3. The average Bonchev–Trinajstić information content (AvgIpc) is 3.12. The highest BCUT2D eigenvalue weighted by atomic mass is 16.2. The highest BCUT2D eigenvalue weighted by Crippen LogP contribution is 2.23. The van der Waals surface area contributed by atoms with Crippen molar-refractivity contribution in [2.75, 3.05) is 6.61 Å². The van der Waals surface area contributed by atoms with Gasteiger partial charge >= 0.3 is 0 Å². The molecule has 0 amide bonds. The van der Waals surface area contributed by atoms with E-state index >= 15 is 0 Å². The minimum Gasteiger partial charge on any atom is -0.396 e. The van der Waals surface area contributed by atoms with Crippen molar-refractivity contribution in [2.24, 2.45) is 0 Å². The molecular formula is C21H40N2O. The van der Waals surface area contributed by atoms with Crippen LogP contribution >= 0.6 is 0 Å². The fourth-order valence-electron chi connectivity index (χ4n) is 3.46. The largest absolute Gasteiger partial charge is 0.396 e. The van der Waals surface area contributed by atoms with Gasteiger partial charge in [0.05, 0.1) is 6.33 Å². The quantitative estimate of drug-likeness (QED) is 0.340. The lowest BCUT2D eigenvalue weighted by Gasteiger charge is -2.18. The molecule has 24 heavy (non-hydrogen) atoms. The smallest absolute Gasteiger partial charge is 0.0948 e. The Balaban J connectivity index is 2.12. The molecule has 1 atom stereocenters. The molecule has 1 N–H and O–H groups in total. The summed E-state index contributed by atoms with van der Waals surface area (Å²) in [6.45, 7) is 2.63. The monoisotopic (exact) mass is 336 g/mol. The molecule has 1 unspecified atom stereocenters. The van der Waals surface area contributed by atoms with Gasteiger partial charge in [0.25, 0.3) is 0 Å². The van der Waals surface area contributed by atoms with Gasteiger partial charge in [-0.3, -0.25) is 0 Å². The number of hydrogen-bond acceptors (Lipinski definition) is 2. The van der Waals surface area contributed by atoms with E-state index in [1.54, 1.807) is 0 Å². The molecule has 3 nitrogen and oxygen atoms in total. The van der Waals surface area contributed by atoms with Gasteiger partial charge in [0.15, 0.2) is 0 Å². The maximum atomic E-state index is 8.78. The van der Waals surface area contributed by atoms with E-state index in [0.717, 1.165) is 6.42 Å². The molecule has 1 aromatic heterocycles. The first-order valence-electron chi connectivity index (χ1n) is 10.5. The SMILES string of the molecule is CCCCCCCCC(CCCCCCCCCO)n1ccnc1. The summed E-state index contributed by atoms with van der Waals surface area (Å²) in [5.74, 6) is 0. The predicted octanol–water partition coefficient (Wildman–Crippen LogP) is 6.29. The van der Waals surface area contributed by atoms with Crippen molar-refractivity contribution < 1.29 is 5.11 Å². The first kappa shape index (κ1) is 21.2. The van der Waals surface area contributed by atoms with Crippen LogP contribution < -0.4 is 0 Å². The van der Waals surface area contributed by atoms with Crippen LogP contribution in [0.1, 0.15) is 109 Å². The number of aromatic nitrogens is 2. The van der Waals surface area contributed by atoms with E-state index in [4.69, 9.17) is 5.11 Å². The molecule has 0 aromatic carbocycles. The van der Waals surface area contributed by atoms with Crippen LogP contribution in [0.3, 0.4) is 0 Å². The third-order valence-corrected chi connectivity index (χ3v) is 5.03. The number of aliphatic hydroxyl groups is 1. The summed E-state index contributed by atoms with van der Waals surface area (Å²) in [5.41, 5.74) is 0. The molecule has 1 rings (SSSR count). The van der Waals surface area contributed by atoms with Gasteiger partial charge < -0.3 is 9.67 Å². The summed E-state index contributed by atoms with van der Waals surface area (Å²) in [4.78, 5) is 4.24. The van der Waals surface area contributed by atoms with E-state index in [2.05, 4.69) is 22.7 Å². The Morgan fingerprint density at radius 1 is 0.792 bits per heavy atom. The zero-order chi connectivity index (χ0) is 17.3. The molecule has 0 radical (unpaired) electrons. The summed E-state index contributed by atoms with van der Waals surface area (Å²) in [5, 5.41) is 8.78. The molecular weight excluding hydrogens is 296 g/mol. The lowest BCUT2D eigenvalue weighted by Crippen LogP contribution is -2.07. The zero-order valence-electron chi connectivity index (χ0n) is 16.0. The Labute approximate surface area is 149 Å². The average molecular weight is 337 g/mol. The van der Waals surface area contributed by atoms with E-state index in [1.807, 2.05) is 12.5 Å². The van der Waals surface area contributed by atoms with Gasteiger partial charge in [0.1, 0.15) is 0 Å². The normalized spacial score (nSPS) is 12.6. The van der Waals surface area contributed by atoms with Crippen molar-refractivity contribution in [3.63, 3.8) is 0 Å². The second kappa shape index (κ2) is 15.7. The number of aliphatic hydroxyl groups excluding tert-OH is 1. The lowest BCUT2D eigenvalue weighted by atomic mass is 10.00. The lowest BCUT2D eigenvalue weighted by molar-refractivity contribution is 0.282. The van der Waals surface area contributed by atoms with Crippen molar-refractivity contribution in [1.82, 2.24) is 9.55 Å². The number of rotatable bonds is 17. The second-order valence-corrected chi connectivity index (χ2v) is 7.21. The zero-order valence-corrected chi connectivity index (χ0v) is 16.0. The van der Waals surface area contributed by atoms with Crippen molar-refractivity contribution in [1.29, 1.82) is 0 Å². The minimum absolute atomic E-state index is 0.352. The maximum absolute atomic E-state index is 8.78. The van der Waals surface area contributed by atoms with E-state index in [9.17, 15) is 0 Å². The first-order valence-corrected chi connectivity index (χ1v) is 10.5. The van der Waals surface area contributed by atoms with Crippen LogP contribution in [0.25, 0.3) is 0 Å². The summed E-state index contributed by atoms with van der Waals surface area (Å²) in [6.07, 6.45) is 25.7. The van der Waals surface area contributed by atoms with Gasteiger partial charge in [-0.25, -0.2) is 4.98 Å². The fraction of sp³-hybridized carbons (Fsp3) is 0.857. The molecule has 0 bridgehead atoms. The van der Waals surface area contributed by atoms with Crippen LogP contribution in [0.2, 0.25) is 0 Å². The van der Waals surface area contributed by atoms with E-state index in [-0.39, 0.29) is 0 Å². The highest BCUT2D eigenvalue weighted by Gasteiger charge is 2.09. The van der Waals surface area contributed by atoms with Gasteiger partial charge in [0.2, 0.25) is 0 Å². The molecule has 0 saturated carbocycles. The topological polar surface area (TPSA) is 38.0 Å². The van der Waals surface area contributed by atoms with Crippen LogP contribution in [0.15, 0.2) is 18.7 Å². The van der Waals surface area contributed by atoms with Crippen LogP contribution in [-0.2, 0) is 0 Å². The van der Waals surface area contributed by atoms with Crippen LogP contribution in [0.4, 0.5) is 0 Å². The number of hydrogen-bond donors (Lipinski definition) is 1. The molecule has 0 aliphatic rings. The Morgan fingerprint density at radius 2 is 1.33 bits per heavy atom. The van der Waals surface area contributed by atoms with Crippen molar-refractivity contribution in [2.45, 2.75) is 109 Å². The molecule has 1 aromatic rings. The molecule has 0 spiro atoms. The van der Waals surface area contributed by atoms with Gasteiger partial charge in [0, 0.05) is 25.0 Å². The van der Waals surface area contributed by atoms with Gasteiger partial charge in [-0.1, -0.05) is 84.0 Å². The molecule has 0 aliphatic heterocycles. The van der Waals surface area contributed by atoms with Crippen LogP contribution in [-0.4, -0.2) is 21.3 Å². The number of imidazole rings is 1. The summed E-state index contributed by atoms with van der Waals surface area (Å²) >= 11 is 0. The molecule has 0 aliphatic carbocycles. The van der Waals surface area contributed by atoms with E-state index in [0.29, 0.717) is 12.6 Å². The minimum atomic E-state index is 0.352. The summed E-state index contributed by atoms with van der Waals surface area (Å²) in [6, 6.07) is 0.646. The fourth-order valence-corrected chi connectivity index (χ4v) is 3.46. The second-order valence-electron chi connectivity index (χ2n) is 7.21. The van der Waals surface area contributed by atoms with Gasteiger partial charge in [-0.2, -0.15) is 0 Å². The Morgan fingerprint density at radius 3 is 1.83 bits per heavy atom. The molecule has 1 heterocycles. The van der Waals surface area contributed by atoms with Crippen molar-refractivity contribution in [3.8, 4) is 0 Å². The third kappa shape index (κ3) is 10.9. The van der Waals surface area contributed by atoms with Crippen LogP contribution in [0.5, 0.6) is 0 Å². The van der Waals surface area contributed by atoms with Crippen molar-refractivity contribution >= 4 is 0 Å². The Kier molecular flexibility index (Phi) is 13.9. The van der Waals surface area contributed by atoms with E-state index in [1.165, 1.54) is 89.9 Å². The maximum Gasteiger partial charge on any atom is 0.0948 e. The number of nitrogens with zero attached hydrogens (tertiary/aromatic N) is 2. The van der Waals surface area contributed by atoms with Crippen LogP contribution in [0, 0.1) is 0 Å². The van der Waals surface area contributed by atoms with Crippen molar-refractivity contribution in [3.05, 3.63) is 18.7 Å². The van der Waals surface area contributed by atoms with Gasteiger partial charge in [-0.15, -0.1) is 0 Å². The highest BCUT2D eigenvalue weighted by molar-refractivity contribution is 4.80.